The van der Waals surface area contributed by atoms with Gasteiger partial charge in [0.05, 0.1) is 105 Å². The largest absolute Gasteiger partial charge is 1.00 e. The Balaban J connectivity index is 0.000000222. The van der Waals surface area contributed by atoms with Gasteiger partial charge in [0.1, 0.15) is 69.4 Å². The van der Waals surface area contributed by atoms with E-state index in [1.165, 1.54) is 76.3 Å². The average molecular weight is 2160 g/mol. The Morgan fingerprint density at radius 3 is 1.01 bits per heavy atom. The molecule has 3 amide bonds. The predicted molar refractivity (Wildman–Crippen MR) is 465 cm³/mol. The zero-order valence-electron chi connectivity index (χ0n) is 69.2. The van der Waals surface area contributed by atoms with Crippen LogP contribution in [0.5, 0.6) is 52.1 Å². The van der Waals surface area contributed by atoms with Crippen molar-refractivity contribution >= 4 is 164 Å². The van der Waals surface area contributed by atoms with Crippen LogP contribution in [0.2, 0.25) is 40.7 Å². The summed E-state index contributed by atoms with van der Waals surface area (Å²) in [5.74, 6) is 0.722. The van der Waals surface area contributed by atoms with Gasteiger partial charge in [0.15, 0.2) is 0 Å². The number of fused-ring (bicyclic) bond motifs is 3. The fourth-order valence-corrected chi connectivity index (χ4v) is 12.9. The van der Waals surface area contributed by atoms with Crippen LogP contribution in [0.3, 0.4) is 0 Å². The van der Waals surface area contributed by atoms with Gasteiger partial charge >= 0.3 is 156 Å². The van der Waals surface area contributed by atoms with Gasteiger partial charge in [0, 0.05) is 40.8 Å². The maximum Gasteiger partial charge on any atom is 1.00 e. The van der Waals surface area contributed by atoms with E-state index in [9.17, 15) is 28.8 Å². The molecule has 0 fully saturated rings. The molecule has 658 valence electrons. The molecule has 3 aliphatic heterocycles. The van der Waals surface area contributed by atoms with Crippen molar-refractivity contribution in [3.05, 3.63) is 308 Å². The van der Waals surface area contributed by atoms with E-state index in [1.54, 1.807) is 60.1 Å². The number of hydrogen-bond acceptors (Lipinski definition) is 30. The van der Waals surface area contributed by atoms with Crippen molar-refractivity contribution in [3.63, 3.8) is 0 Å². The minimum Gasteiger partial charge on any atom is -0.662 e. The summed E-state index contributed by atoms with van der Waals surface area (Å²) in [6, 6.07) is 53.1. The summed E-state index contributed by atoms with van der Waals surface area (Å²) in [6.45, 7) is 1.72. The first-order chi connectivity index (χ1) is 61.0. The number of nitrogens with two attached hydrogens (primary N) is 2. The second-order valence-electron chi connectivity index (χ2n) is 26.0. The number of hydrogen-bond donors (Lipinski definition) is 3. The van der Waals surface area contributed by atoms with Crippen LogP contribution in [-0.4, -0.2) is 136 Å². The number of benzene rings is 9. The number of methoxy groups -OCH3 is 3. The second kappa shape index (κ2) is 53.1. The zero-order chi connectivity index (χ0) is 92.0. The second-order valence-corrected chi connectivity index (χ2v) is 29.1. The van der Waals surface area contributed by atoms with E-state index in [1.807, 2.05) is 121 Å². The Morgan fingerprint density at radius 2 is 0.698 bits per heavy atom. The zero-order valence-corrected chi connectivity index (χ0v) is 87.8. The Kier molecular flexibility index (Phi) is 43.9. The molecule has 0 unspecified atom stereocenters. The van der Waals surface area contributed by atoms with E-state index in [0.29, 0.717) is 87.9 Å². The van der Waals surface area contributed by atoms with Crippen LogP contribution in [0.1, 0.15) is 95.5 Å². The minimum atomic E-state index is -0.595. The smallest absolute Gasteiger partial charge is 0.662 e. The van der Waals surface area contributed by atoms with Gasteiger partial charge in [-0.3, -0.25) is 24.0 Å². The molecule has 6 heterocycles. The van der Waals surface area contributed by atoms with Crippen LogP contribution in [0.15, 0.2) is 201 Å². The summed E-state index contributed by atoms with van der Waals surface area (Å²) in [5, 5.41) is 21.2. The Labute approximate surface area is 894 Å². The number of anilines is 4. The maximum atomic E-state index is 12.7. The van der Waals surface area contributed by atoms with Crippen molar-refractivity contribution in [1.82, 2.24) is 44.6 Å². The van der Waals surface area contributed by atoms with E-state index in [4.69, 9.17) is 167 Å². The molecular weight excluding hydrogens is 2090 g/mol. The summed E-state index contributed by atoms with van der Waals surface area (Å²) >= 11 is 48.1. The number of amides is 3. The average Bonchev–Trinajstić information content (AvgIpc) is 1.73. The van der Waals surface area contributed by atoms with Crippen LogP contribution in [0, 0.1) is 0 Å². The Bertz CT molecular complexity index is 5730. The summed E-state index contributed by atoms with van der Waals surface area (Å²) < 4.78 is 48.6. The molecule has 3 aromatic heterocycles. The molecule has 0 bridgehead atoms. The fourth-order valence-electron chi connectivity index (χ4n) is 11.6. The van der Waals surface area contributed by atoms with Crippen molar-refractivity contribution in [2.75, 3.05) is 59.3 Å². The number of halogens is 8. The van der Waals surface area contributed by atoms with Crippen LogP contribution in [0.25, 0.3) is 0 Å². The Morgan fingerprint density at radius 1 is 0.403 bits per heavy atom. The third-order valence-electron chi connectivity index (χ3n) is 17.5. The van der Waals surface area contributed by atoms with Crippen LogP contribution in [0.4, 0.5) is 23.0 Å². The first kappa shape index (κ1) is 107. The fraction of sp³-hybridized carbons (Fsp3) is 0.140. The van der Waals surface area contributed by atoms with Gasteiger partial charge in [-0.2, -0.15) is 15.0 Å². The number of esters is 3. The molecule has 0 atom stereocenters. The van der Waals surface area contributed by atoms with Gasteiger partial charge in [0.2, 0.25) is 34.2 Å². The van der Waals surface area contributed by atoms with Gasteiger partial charge in [-0.25, -0.2) is 29.3 Å². The molecule has 129 heavy (non-hydrogen) atoms. The van der Waals surface area contributed by atoms with Crippen molar-refractivity contribution in [2.24, 2.45) is 0 Å². The molecule has 0 saturated heterocycles. The van der Waals surface area contributed by atoms with E-state index < -0.39 is 17.9 Å². The van der Waals surface area contributed by atoms with Gasteiger partial charge in [-0.15, -0.1) is 0 Å². The molecule has 15 rings (SSSR count). The molecule has 0 radical (unpaired) electrons. The van der Waals surface area contributed by atoms with Crippen LogP contribution in [-0.2, 0) is 73.0 Å². The normalized spacial score (nSPS) is 11.3. The van der Waals surface area contributed by atoms with Gasteiger partial charge < -0.3 is 94.4 Å². The molecule has 5 N–H and O–H groups in total. The molecule has 0 spiro atoms. The molecular formula is C86H70Cl8Cs2N12O21. The van der Waals surface area contributed by atoms with E-state index in [0.717, 1.165) is 33.4 Å². The molecule has 0 aliphatic carbocycles. The number of carbonyl (C=O) groups is 8. The summed E-state index contributed by atoms with van der Waals surface area (Å²) in [7, 11) is 9.59. The molecule has 43 heteroatoms. The topological polar surface area (TPSA) is 435 Å². The molecule has 0 saturated carbocycles. The SMILES string of the molecule is CN1Cc2cccc(Oc3nc(Cl)ncc3Cl)c2C1=O.CN1Cc2cccc(Oc3nc(Cl)ncc3Cl)c2C1=O.COc1cc(C(=O)OCc2ccccc2)c(Cl)cc1N.COc1cc(C(=O)OCc2ccccc2)c(Cl)cc1N.COc1cc(C(=O)OCc2ccccc2)c(Cl)cc1Nc1ncc(Cl)c(Oc2cccc3c2C(=O)N(C)C3)n1.O=CO[O-].O=CO[O-].[Cs+].[Cs+]. The monoisotopic (exact) mass is 2150 g/mol. The van der Waals surface area contributed by atoms with Crippen molar-refractivity contribution < 1.29 is 239 Å². The number of nitrogen functional groups attached to an aromatic ring is 2. The maximum absolute atomic E-state index is 12.7. The first-order valence-corrected chi connectivity index (χ1v) is 39.6. The van der Waals surface area contributed by atoms with E-state index in [2.05, 4.69) is 45.0 Å². The number of ether oxygens (including phenoxy) is 9. The number of aromatic nitrogens is 6. The summed E-state index contributed by atoms with van der Waals surface area (Å²) in [4.78, 5) is 125. The molecule has 9 aromatic carbocycles. The van der Waals surface area contributed by atoms with Gasteiger partial charge in [0.25, 0.3) is 30.7 Å². The van der Waals surface area contributed by atoms with Gasteiger partial charge in [-0.05, 0) is 111 Å². The van der Waals surface area contributed by atoms with Crippen LogP contribution < -0.4 is 194 Å². The number of nitrogens with zero attached hydrogens (tertiary/aromatic N) is 9. The third-order valence-corrected chi connectivity index (χ3v) is 19.6. The molecule has 3 aliphatic rings. The quantitative estimate of drug-likeness (QED) is 0.0108. The number of carbonyl (C=O) groups excluding carboxylic acids is 8. The van der Waals surface area contributed by atoms with E-state index in [-0.39, 0.29) is 269 Å². The number of rotatable bonds is 22. The van der Waals surface area contributed by atoms with Crippen molar-refractivity contribution in [2.45, 2.75) is 39.5 Å². The summed E-state index contributed by atoms with van der Waals surface area (Å²) in [6.07, 6.45) is 4.07. The Hall–Kier alpha value is -9.48. The first-order valence-electron chi connectivity index (χ1n) is 36.5. The van der Waals surface area contributed by atoms with Gasteiger partial charge in [-0.1, -0.05) is 197 Å². The predicted octanol–water partition coefficient (Wildman–Crippen LogP) is 10.0. The number of nitrogens with one attached hydrogen (secondary N) is 1. The molecule has 33 nitrogen and oxygen atoms in total. The van der Waals surface area contributed by atoms with Crippen molar-refractivity contribution in [3.8, 4) is 52.1 Å². The van der Waals surface area contributed by atoms with Crippen LogP contribution >= 0.6 is 92.8 Å². The molecule has 12 aromatic rings. The standard InChI is InChI=1S/C28H22Cl2N4O5.2C15H14ClNO3.2C13H9Cl2N3O2.2CH2O3.2Cs/c1-34-14-17-9-6-10-22(24(17)26(34)35)39-25-20(30)13-31-28(33-25)32-21-12-19(29)18(11-23(21)37-2)27(36)38-15-16-7-4-3-5-8-16;2*1-19-14-7-11(12(16)8-13(14)17)15(18)20-9-10-5-3-2-4-6-10;2*1-18-6-7-3-2-4-9(10(7)12(18)19)20-11-8(14)5-16-13(15)17-11;2*2-1-4-3;;/h3-13H,14-15H2,1-2H3,(H,31,32,33);2*2-8H,9,17H2,1H3;2*2-5H,6H2,1H3;2*1,3H;;/q;;;;;;;2*+1/p-2. The van der Waals surface area contributed by atoms with E-state index >= 15 is 0 Å². The van der Waals surface area contributed by atoms with Crippen molar-refractivity contribution in [1.29, 1.82) is 0 Å². The third kappa shape index (κ3) is 30.3. The summed E-state index contributed by atoms with van der Waals surface area (Å²) in [5.41, 5.74) is 20.0. The minimum absolute atomic E-state index is 0.